The van der Waals surface area contributed by atoms with Crippen LogP contribution in [0.15, 0.2) is 24.3 Å². The smallest absolute Gasteiger partial charge is 0.0713 e. The lowest BCUT2D eigenvalue weighted by atomic mass is 10.1. The zero-order valence-electron chi connectivity index (χ0n) is 10.9. The van der Waals surface area contributed by atoms with Crippen molar-refractivity contribution in [3.05, 3.63) is 29.8 Å². The van der Waals surface area contributed by atoms with Gasteiger partial charge in [-0.15, -0.1) is 0 Å². The monoisotopic (exact) mass is 233 g/mol. The van der Waals surface area contributed by atoms with E-state index in [9.17, 15) is 0 Å². The van der Waals surface area contributed by atoms with Gasteiger partial charge in [0.25, 0.3) is 0 Å². The van der Waals surface area contributed by atoms with Crippen LogP contribution in [-0.4, -0.2) is 13.2 Å². The van der Waals surface area contributed by atoms with E-state index in [0.29, 0.717) is 12.6 Å². The Kier molecular flexibility index (Phi) is 4.43. The topological polar surface area (TPSA) is 21.3 Å². The highest BCUT2D eigenvalue weighted by Gasteiger charge is 2.22. The lowest BCUT2D eigenvalue weighted by Crippen LogP contribution is -2.15. The largest absolute Gasteiger partial charge is 0.382 e. The number of hydrogen-bond acceptors (Lipinski definition) is 2. The average molecular weight is 233 g/mol. The van der Waals surface area contributed by atoms with E-state index in [1.165, 1.54) is 36.9 Å². The SMILES string of the molecule is CCC1CCC(Nc2cccc(COC)c2)C1. The zero-order chi connectivity index (χ0) is 12.1. The second-order valence-corrected chi connectivity index (χ2v) is 5.06. The van der Waals surface area contributed by atoms with Gasteiger partial charge in [0.15, 0.2) is 0 Å². The molecule has 0 saturated heterocycles. The fourth-order valence-corrected chi connectivity index (χ4v) is 2.73. The lowest BCUT2D eigenvalue weighted by Gasteiger charge is -2.15. The number of nitrogens with one attached hydrogen (secondary N) is 1. The number of rotatable bonds is 5. The van der Waals surface area contributed by atoms with Crippen molar-refractivity contribution in [3.8, 4) is 0 Å². The summed E-state index contributed by atoms with van der Waals surface area (Å²) in [4.78, 5) is 0. The zero-order valence-corrected chi connectivity index (χ0v) is 10.9. The Morgan fingerprint density at radius 2 is 2.24 bits per heavy atom. The van der Waals surface area contributed by atoms with E-state index in [2.05, 4.69) is 36.5 Å². The molecule has 1 aromatic carbocycles. The summed E-state index contributed by atoms with van der Waals surface area (Å²) in [6.45, 7) is 2.99. The van der Waals surface area contributed by atoms with Crippen LogP contribution < -0.4 is 5.32 Å². The van der Waals surface area contributed by atoms with Crippen LogP contribution >= 0.6 is 0 Å². The molecule has 1 aliphatic rings. The van der Waals surface area contributed by atoms with Crippen LogP contribution in [0.2, 0.25) is 0 Å². The first-order chi connectivity index (χ1) is 8.31. The molecule has 0 bridgehead atoms. The van der Waals surface area contributed by atoms with Crippen molar-refractivity contribution in [2.45, 2.75) is 45.3 Å². The molecule has 0 heterocycles. The number of ether oxygens (including phenoxy) is 1. The first-order valence-electron chi connectivity index (χ1n) is 6.66. The molecule has 2 atom stereocenters. The molecule has 0 spiro atoms. The maximum atomic E-state index is 5.16. The van der Waals surface area contributed by atoms with Gasteiger partial charge in [0.2, 0.25) is 0 Å². The fourth-order valence-electron chi connectivity index (χ4n) is 2.73. The molecule has 0 aromatic heterocycles. The maximum absolute atomic E-state index is 5.16. The Hall–Kier alpha value is -1.02. The van der Waals surface area contributed by atoms with E-state index in [4.69, 9.17) is 4.74 Å². The molecule has 2 heteroatoms. The minimum absolute atomic E-state index is 0.665. The second kappa shape index (κ2) is 6.06. The molecule has 17 heavy (non-hydrogen) atoms. The number of anilines is 1. The molecule has 94 valence electrons. The molecule has 2 nitrogen and oxygen atoms in total. The van der Waals surface area contributed by atoms with Gasteiger partial charge in [0.1, 0.15) is 0 Å². The van der Waals surface area contributed by atoms with Crippen molar-refractivity contribution in [3.63, 3.8) is 0 Å². The molecule has 1 aliphatic carbocycles. The van der Waals surface area contributed by atoms with Gasteiger partial charge in [0.05, 0.1) is 6.61 Å². The minimum atomic E-state index is 0.665. The number of methoxy groups -OCH3 is 1. The molecule has 1 aromatic rings. The number of hydrogen-bond donors (Lipinski definition) is 1. The summed E-state index contributed by atoms with van der Waals surface area (Å²) in [6.07, 6.45) is 5.34. The predicted octanol–water partition coefficient (Wildman–Crippen LogP) is 3.82. The van der Waals surface area contributed by atoms with Crippen molar-refractivity contribution in [1.29, 1.82) is 0 Å². The molecule has 0 radical (unpaired) electrons. The first-order valence-corrected chi connectivity index (χ1v) is 6.66. The van der Waals surface area contributed by atoms with Crippen LogP contribution in [0.5, 0.6) is 0 Å². The summed E-state index contributed by atoms with van der Waals surface area (Å²) < 4.78 is 5.16. The third kappa shape index (κ3) is 3.47. The van der Waals surface area contributed by atoms with Gasteiger partial charge in [-0.05, 0) is 42.9 Å². The van der Waals surface area contributed by atoms with E-state index in [0.717, 1.165) is 5.92 Å². The van der Waals surface area contributed by atoms with Crippen molar-refractivity contribution in [1.82, 2.24) is 0 Å². The third-order valence-electron chi connectivity index (χ3n) is 3.73. The van der Waals surface area contributed by atoms with Gasteiger partial charge >= 0.3 is 0 Å². The summed E-state index contributed by atoms with van der Waals surface area (Å²) in [6, 6.07) is 9.22. The van der Waals surface area contributed by atoms with Gasteiger partial charge in [-0.3, -0.25) is 0 Å². The Bertz CT molecular complexity index is 351. The summed E-state index contributed by atoms with van der Waals surface area (Å²) >= 11 is 0. The van der Waals surface area contributed by atoms with Crippen LogP contribution in [0.4, 0.5) is 5.69 Å². The fraction of sp³-hybridized carbons (Fsp3) is 0.600. The number of benzene rings is 1. The highest BCUT2D eigenvalue weighted by Crippen LogP contribution is 2.30. The lowest BCUT2D eigenvalue weighted by molar-refractivity contribution is 0.185. The first kappa shape index (κ1) is 12.4. The van der Waals surface area contributed by atoms with Crippen LogP contribution in [0.3, 0.4) is 0 Å². The normalized spacial score (nSPS) is 23.9. The van der Waals surface area contributed by atoms with E-state index < -0.39 is 0 Å². The molecule has 0 aliphatic heterocycles. The van der Waals surface area contributed by atoms with Crippen LogP contribution in [0, 0.1) is 5.92 Å². The van der Waals surface area contributed by atoms with Gasteiger partial charge in [-0.2, -0.15) is 0 Å². The second-order valence-electron chi connectivity index (χ2n) is 5.06. The van der Waals surface area contributed by atoms with Gasteiger partial charge < -0.3 is 10.1 Å². The molecular weight excluding hydrogens is 210 g/mol. The van der Waals surface area contributed by atoms with Crippen molar-refractivity contribution < 1.29 is 4.74 Å². The van der Waals surface area contributed by atoms with Crippen LogP contribution in [0.25, 0.3) is 0 Å². The predicted molar refractivity (Wildman–Crippen MR) is 72.2 cm³/mol. The molecule has 1 saturated carbocycles. The summed E-state index contributed by atoms with van der Waals surface area (Å²) in [7, 11) is 1.74. The Balaban J connectivity index is 1.92. The standard InChI is InChI=1S/C15H23NO/c1-3-12-7-8-15(9-12)16-14-6-4-5-13(10-14)11-17-2/h4-6,10,12,15-16H,3,7-9,11H2,1-2H3. The van der Waals surface area contributed by atoms with Gasteiger partial charge in [0, 0.05) is 18.8 Å². The van der Waals surface area contributed by atoms with E-state index in [-0.39, 0.29) is 0 Å². The molecular formula is C15H23NO. The van der Waals surface area contributed by atoms with E-state index in [1.807, 2.05) is 0 Å². The molecule has 0 amide bonds. The Morgan fingerprint density at radius 3 is 2.94 bits per heavy atom. The third-order valence-corrected chi connectivity index (χ3v) is 3.73. The Labute approximate surface area is 104 Å². The molecule has 2 rings (SSSR count). The summed E-state index contributed by atoms with van der Waals surface area (Å²) in [5.41, 5.74) is 2.48. The van der Waals surface area contributed by atoms with E-state index in [1.54, 1.807) is 7.11 Å². The molecule has 2 unspecified atom stereocenters. The average Bonchev–Trinajstić information content (AvgIpc) is 2.78. The van der Waals surface area contributed by atoms with E-state index >= 15 is 0 Å². The maximum Gasteiger partial charge on any atom is 0.0713 e. The Morgan fingerprint density at radius 1 is 1.35 bits per heavy atom. The summed E-state index contributed by atoms with van der Waals surface area (Å²) in [5.74, 6) is 0.926. The van der Waals surface area contributed by atoms with Gasteiger partial charge in [-0.1, -0.05) is 25.5 Å². The van der Waals surface area contributed by atoms with Gasteiger partial charge in [-0.25, -0.2) is 0 Å². The highest BCUT2D eigenvalue weighted by atomic mass is 16.5. The van der Waals surface area contributed by atoms with Crippen molar-refractivity contribution in [2.75, 3.05) is 12.4 Å². The highest BCUT2D eigenvalue weighted by molar-refractivity contribution is 5.46. The summed E-state index contributed by atoms with van der Waals surface area (Å²) in [5, 5.41) is 3.65. The van der Waals surface area contributed by atoms with Crippen molar-refractivity contribution in [2.24, 2.45) is 5.92 Å². The quantitative estimate of drug-likeness (QED) is 0.834. The van der Waals surface area contributed by atoms with Crippen molar-refractivity contribution >= 4 is 5.69 Å². The minimum Gasteiger partial charge on any atom is -0.382 e. The van der Waals surface area contributed by atoms with Crippen LogP contribution in [-0.2, 0) is 11.3 Å². The molecule has 1 fully saturated rings. The molecule has 1 N–H and O–H groups in total. The van der Waals surface area contributed by atoms with Crippen LogP contribution in [0.1, 0.15) is 38.2 Å².